The number of ether oxygens (including phenoxy) is 1. The minimum atomic E-state index is -3.69. The molecule has 1 aliphatic heterocycles. The first-order valence-electron chi connectivity index (χ1n) is 6.41. The maximum absolute atomic E-state index is 12.0. The van der Waals surface area contributed by atoms with Gasteiger partial charge < -0.3 is 15.4 Å². The van der Waals surface area contributed by atoms with Gasteiger partial charge in [-0.2, -0.15) is 12.7 Å². The van der Waals surface area contributed by atoms with Crippen LogP contribution in [0.1, 0.15) is 0 Å². The summed E-state index contributed by atoms with van der Waals surface area (Å²) in [7, 11) is -3.69. The first-order valence-corrected chi connectivity index (χ1v) is 7.91. The van der Waals surface area contributed by atoms with E-state index in [0.717, 1.165) is 4.31 Å². The van der Waals surface area contributed by atoms with E-state index in [1.54, 1.807) is 29.2 Å². The number of nitrogens with two attached hydrogens (primary N) is 2. The van der Waals surface area contributed by atoms with Gasteiger partial charge in [0.1, 0.15) is 5.75 Å². The summed E-state index contributed by atoms with van der Waals surface area (Å²) in [5.41, 5.74) is 6.18. The number of hydrogen-bond donors (Lipinski definition) is 2. The van der Waals surface area contributed by atoms with Crippen LogP contribution in [0.3, 0.4) is 0 Å². The average molecular weight is 314 g/mol. The summed E-state index contributed by atoms with van der Waals surface area (Å²) in [6.45, 7) is 0.839. The van der Waals surface area contributed by atoms with E-state index < -0.39 is 10.2 Å². The van der Waals surface area contributed by atoms with Crippen LogP contribution >= 0.6 is 0 Å². The lowest BCUT2D eigenvalue weighted by atomic mass is 10.3. The predicted octanol–water partition coefficient (Wildman–Crippen LogP) is -1.00. The van der Waals surface area contributed by atoms with Crippen molar-refractivity contribution in [2.24, 2.45) is 5.14 Å². The van der Waals surface area contributed by atoms with Crippen molar-refractivity contribution in [1.82, 2.24) is 9.21 Å². The Bertz CT molecular complexity index is 611. The molecule has 21 heavy (non-hydrogen) atoms. The lowest BCUT2D eigenvalue weighted by Gasteiger charge is -2.32. The number of piperazine rings is 1. The Hall–Kier alpha value is -1.84. The van der Waals surface area contributed by atoms with Crippen LogP contribution < -0.4 is 15.6 Å². The summed E-state index contributed by atoms with van der Waals surface area (Å²) >= 11 is 0. The van der Waals surface area contributed by atoms with Crippen LogP contribution in [-0.2, 0) is 15.0 Å². The number of rotatable bonds is 4. The lowest BCUT2D eigenvalue weighted by Crippen LogP contribution is -2.53. The highest BCUT2D eigenvalue weighted by Crippen LogP contribution is 2.19. The molecule has 1 aromatic rings. The predicted molar refractivity (Wildman–Crippen MR) is 77.6 cm³/mol. The number of para-hydroxylation sites is 2. The molecular formula is C12H18N4O4S. The molecule has 0 radical (unpaired) electrons. The molecular weight excluding hydrogens is 296 g/mol. The molecule has 0 aliphatic carbocycles. The second-order valence-electron chi connectivity index (χ2n) is 4.65. The zero-order chi connectivity index (χ0) is 15.5. The number of anilines is 1. The maximum atomic E-state index is 12.0. The van der Waals surface area contributed by atoms with E-state index >= 15 is 0 Å². The molecule has 0 atom stereocenters. The molecule has 1 saturated heterocycles. The molecule has 0 aromatic heterocycles. The minimum Gasteiger partial charge on any atom is -0.482 e. The number of amides is 1. The van der Waals surface area contributed by atoms with E-state index in [-0.39, 0.29) is 25.6 Å². The number of nitrogens with zero attached hydrogens (tertiary/aromatic N) is 2. The molecule has 1 aromatic carbocycles. The highest BCUT2D eigenvalue weighted by atomic mass is 32.2. The van der Waals surface area contributed by atoms with Crippen molar-refractivity contribution >= 4 is 21.8 Å². The quantitative estimate of drug-likeness (QED) is 0.691. The minimum absolute atomic E-state index is 0.135. The van der Waals surface area contributed by atoms with E-state index in [1.165, 1.54) is 0 Å². The Morgan fingerprint density at radius 1 is 1.19 bits per heavy atom. The summed E-state index contributed by atoms with van der Waals surface area (Å²) in [5, 5.41) is 5.04. The van der Waals surface area contributed by atoms with Crippen LogP contribution in [0.15, 0.2) is 24.3 Å². The summed E-state index contributed by atoms with van der Waals surface area (Å²) in [6, 6.07) is 6.91. The van der Waals surface area contributed by atoms with Gasteiger partial charge in [0.05, 0.1) is 5.69 Å². The number of nitrogen functional groups attached to an aromatic ring is 1. The van der Waals surface area contributed by atoms with Crippen molar-refractivity contribution in [3.05, 3.63) is 24.3 Å². The van der Waals surface area contributed by atoms with Gasteiger partial charge in [-0.25, -0.2) is 5.14 Å². The monoisotopic (exact) mass is 314 g/mol. The van der Waals surface area contributed by atoms with Gasteiger partial charge >= 0.3 is 0 Å². The fraction of sp³-hybridized carbons (Fsp3) is 0.417. The van der Waals surface area contributed by atoms with E-state index in [1.807, 2.05) is 0 Å². The molecule has 0 bridgehead atoms. The van der Waals surface area contributed by atoms with Gasteiger partial charge in [0, 0.05) is 26.2 Å². The first-order chi connectivity index (χ1) is 9.88. The Morgan fingerprint density at radius 2 is 1.81 bits per heavy atom. The molecule has 1 fully saturated rings. The Kier molecular flexibility index (Phi) is 4.66. The van der Waals surface area contributed by atoms with Gasteiger partial charge in [-0.15, -0.1) is 0 Å². The van der Waals surface area contributed by atoms with Gasteiger partial charge in [-0.1, -0.05) is 12.1 Å². The fourth-order valence-electron chi connectivity index (χ4n) is 2.03. The van der Waals surface area contributed by atoms with Crippen molar-refractivity contribution in [1.29, 1.82) is 0 Å². The molecule has 0 saturated carbocycles. The topological polar surface area (TPSA) is 119 Å². The van der Waals surface area contributed by atoms with Crippen LogP contribution in [0.4, 0.5) is 5.69 Å². The van der Waals surface area contributed by atoms with E-state index in [0.29, 0.717) is 24.5 Å². The zero-order valence-electron chi connectivity index (χ0n) is 11.4. The Labute approximate surface area is 123 Å². The van der Waals surface area contributed by atoms with Crippen LogP contribution in [-0.4, -0.2) is 56.3 Å². The third-order valence-corrected chi connectivity index (χ3v) is 4.31. The van der Waals surface area contributed by atoms with E-state index in [9.17, 15) is 13.2 Å². The second kappa shape index (κ2) is 6.29. The van der Waals surface area contributed by atoms with Crippen LogP contribution in [0, 0.1) is 0 Å². The highest BCUT2D eigenvalue weighted by Gasteiger charge is 2.26. The van der Waals surface area contributed by atoms with Crippen LogP contribution in [0.5, 0.6) is 5.75 Å². The molecule has 0 spiro atoms. The van der Waals surface area contributed by atoms with Crippen molar-refractivity contribution < 1.29 is 17.9 Å². The first kappa shape index (κ1) is 15.5. The normalized spacial score (nSPS) is 16.7. The number of carbonyl (C=O) groups is 1. The third-order valence-electron chi connectivity index (χ3n) is 3.22. The fourth-order valence-corrected chi connectivity index (χ4v) is 2.71. The van der Waals surface area contributed by atoms with Gasteiger partial charge in [0.15, 0.2) is 6.61 Å². The molecule has 0 unspecified atom stereocenters. The van der Waals surface area contributed by atoms with Crippen molar-refractivity contribution in [3.8, 4) is 5.75 Å². The third kappa shape index (κ3) is 4.06. The molecule has 4 N–H and O–H groups in total. The SMILES string of the molecule is Nc1ccccc1OCC(=O)N1CCN(S(N)(=O)=O)CC1. The molecule has 1 amide bonds. The van der Waals surface area contributed by atoms with Gasteiger partial charge in [0.25, 0.3) is 16.1 Å². The molecule has 2 rings (SSSR count). The number of carbonyl (C=O) groups excluding carboxylic acids is 1. The summed E-state index contributed by atoms with van der Waals surface area (Å²) in [6.07, 6.45) is 0. The molecule has 1 heterocycles. The number of benzene rings is 1. The number of hydrogen-bond acceptors (Lipinski definition) is 5. The molecule has 8 nitrogen and oxygen atoms in total. The maximum Gasteiger partial charge on any atom is 0.277 e. The largest absolute Gasteiger partial charge is 0.482 e. The molecule has 116 valence electrons. The smallest absolute Gasteiger partial charge is 0.277 e. The standard InChI is InChI=1S/C12H18N4O4S/c13-10-3-1-2-4-11(10)20-9-12(17)15-5-7-16(8-6-15)21(14,18)19/h1-4H,5-9,13H2,(H2,14,18,19). The van der Waals surface area contributed by atoms with Crippen molar-refractivity contribution in [2.75, 3.05) is 38.5 Å². The summed E-state index contributed by atoms with van der Waals surface area (Å²) < 4.78 is 28.9. The Balaban J connectivity index is 1.84. The Morgan fingerprint density at radius 3 is 2.38 bits per heavy atom. The molecule has 1 aliphatic rings. The van der Waals surface area contributed by atoms with Crippen LogP contribution in [0.25, 0.3) is 0 Å². The summed E-state index contributed by atoms with van der Waals surface area (Å²) in [5.74, 6) is 0.237. The zero-order valence-corrected chi connectivity index (χ0v) is 12.3. The van der Waals surface area contributed by atoms with Crippen LogP contribution in [0.2, 0.25) is 0 Å². The van der Waals surface area contributed by atoms with Gasteiger partial charge in [-0.3, -0.25) is 4.79 Å². The van der Waals surface area contributed by atoms with Crippen molar-refractivity contribution in [2.45, 2.75) is 0 Å². The van der Waals surface area contributed by atoms with E-state index in [2.05, 4.69) is 0 Å². The van der Waals surface area contributed by atoms with Crippen molar-refractivity contribution in [3.63, 3.8) is 0 Å². The molecule has 9 heteroatoms. The van der Waals surface area contributed by atoms with Gasteiger partial charge in [0.2, 0.25) is 0 Å². The average Bonchev–Trinajstić information content (AvgIpc) is 2.45. The second-order valence-corrected chi connectivity index (χ2v) is 6.20. The van der Waals surface area contributed by atoms with Gasteiger partial charge in [-0.05, 0) is 12.1 Å². The lowest BCUT2D eigenvalue weighted by molar-refractivity contribution is -0.134. The highest BCUT2D eigenvalue weighted by molar-refractivity contribution is 7.86. The van der Waals surface area contributed by atoms with E-state index in [4.69, 9.17) is 15.6 Å². The summed E-state index contributed by atoms with van der Waals surface area (Å²) in [4.78, 5) is 13.5.